The van der Waals surface area contributed by atoms with Gasteiger partial charge in [-0.2, -0.15) is 0 Å². The van der Waals surface area contributed by atoms with Gasteiger partial charge in [0, 0.05) is 22.4 Å². The zero-order valence-corrected chi connectivity index (χ0v) is 15.4. The third-order valence-corrected chi connectivity index (χ3v) is 4.18. The minimum atomic E-state index is -0.522. The van der Waals surface area contributed by atoms with Crippen molar-refractivity contribution in [2.75, 3.05) is 11.5 Å². The van der Waals surface area contributed by atoms with Crippen LogP contribution in [0.25, 0.3) is 22.4 Å². The van der Waals surface area contributed by atoms with Crippen LogP contribution in [0.15, 0.2) is 66.7 Å². The average molecular weight is 388 g/mol. The Hall–Kier alpha value is -4.33. The minimum Gasteiger partial charge on any atom is -0.399 e. The number of nitrogens with zero attached hydrogens (tertiary/aromatic N) is 1. The Morgan fingerprint density at radius 2 is 1.31 bits per heavy atom. The zero-order chi connectivity index (χ0) is 21.0. The minimum absolute atomic E-state index is 0.361. The van der Waals surface area contributed by atoms with Gasteiger partial charge in [0.1, 0.15) is 11.3 Å². The van der Waals surface area contributed by atoms with E-state index in [0.717, 1.165) is 28.1 Å². The number of hydrogen-bond acceptors (Lipinski definition) is 5. The molecule has 2 amide bonds. The first-order chi connectivity index (χ1) is 13.8. The molecular weight excluding hydrogens is 368 g/mol. The van der Waals surface area contributed by atoms with Crippen molar-refractivity contribution in [2.45, 2.75) is 0 Å². The summed E-state index contributed by atoms with van der Waals surface area (Å²) in [6.45, 7) is 0. The van der Waals surface area contributed by atoms with E-state index >= 15 is 0 Å². The van der Waals surface area contributed by atoms with E-state index in [4.69, 9.17) is 22.9 Å². The SMILES string of the molecule is NC(=O)c1ccc(C(N)=O)cc1.Nc1ccc(-c2nc3c(N)cccc3[nH]2)cc1. The molecule has 8 heteroatoms. The molecule has 8 nitrogen and oxygen atoms in total. The van der Waals surface area contributed by atoms with Crippen molar-refractivity contribution in [1.29, 1.82) is 0 Å². The fourth-order valence-electron chi connectivity index (χ4n) is 2.63. The van der Waals surface area contributed by atoms with Gasteiger partial charge >= 0.3 is 0 Å². The summed E-state index contributed by atoms with van der Waals surface area (Å²) in [4.78, 5) is 28.9. The van der Waals surface area contributed by atoms with Gasteiger partial charge in [0.25, 0.3) is 0 Å². The highest BCUT2D eigenvalue weighted by Gasteiger charge is 2.06. The number of anilines is 2. The van der Waals surface area contributed by atoms with E-state index in [-0.39, 0.29) is 0 Å². The highest BCUT2D eigenvalue weighted by molar-refractivity contribution is 5.96. The highest BCUT2D eigenvalue weighted by atomic mass is 16.1. The number of benzene rings is 3. The third kappa shape index (κ3) is 4.51. The molecule has 1 heterocycles. The lowest BCUT2D eigenvalue weighted by Gasteiger charge is -1.96. The normalized spacial score (nSPS) is 10.2. The summed E-state index contributed by atoms with van der Waals surface area (Å²) in [5.74, 6) is -0.241. The van der Waals surface area contributed by atoms with Gasteiger partial charge in [0.15, 0.2) is 0 Å². The summed E-state index contributed by atoms with van der Waals surface area (Å²) in [7, 11) is 0. The van der Waals surface area contributed by atoms with Crippen LogP contribution >= 0.6 is 0 Å². The number of imidazole rings is 1. The average Bonchev–Trinajstić information content (AvgIpc) is 3.15. The predicted octanol–water partition coefficient (Wildman–Crippen LogP) is 2.28. The lowest BCUT2D eigenvalue weighted by molar-refractivity contribution is 0.0988. The molecule has 9 N–H and O–H groups in total. The smallest absolute Gasteiger partial charge is 0.248 e. The molecule has 0 spiro atoms. The van der Waals surface area contributed by atoms with Gasteiger partial charge in [-0.15, -0.1) is 0 Å². The molecule has 0 aliphatic rings. The van der Waals surface area contributed by atoms with Gasteiger partial charge in [-0.1, -0.05) is 6.07 Å². The first-order valence-electron chi connectivity index (χ1n) is 8.65. The maximum absolute atomic E-state index is 10.6. The van der Waals surface area contributed by atoms with Crippen LogP contribution in [0.3, 0.4) is 0 Å². The number of amides is 2. The first kappa shape index (κ1) is 19.4. The van der Waals surface area contributed by atoms with Crippen molar-refractivity contribution in [1.82, 2.24) is 9.97 Å². The van der Waals surface area contributed by atoms with Crippen LogP contribution in [0.2, 0.25) is 0 Å². The van der Waals surface area contributed by atoms with E-state index in [9.17, 15) is 9.59 Å². The maximum atomic E-state index is 10.6. The summed E-state index contributed by atoms with van der Waals surface area (Å²) in [6, 6.07) is 19.1. The Kier molecular flexibility index (Phi) is 5.45. The molecule has 4 aromatic rings. The van der Waals surface area contributed by atoms with Gasteiger partial charge < -0.3 is 27.9 Å². The third-order valence-electron chi connectivity index (χ3n) is 4.18. The number of primary amides is 2. The molecule has 0 saturated carbocycles. The summed E-state index contributed by atoms with van der Waals surface area (Å²) in [5.41, 5.74) is 26.4. The van der Waals surface area contributed by atoms with Gasteiger partial charge in [-0.25, -0.2) is 4.98 Å². The fourth-order valence-corrected chi connectivity index (χ4v) is 2.63. The second kappa shape index (κ2) is 8.13. The van der Waals surface area contributed by atoms with Gasteiger partial charge in [0.2, 0.25) is 11.8 Å². The molecule has 4 rings (SSSR count). The number of carbonyl (C=O) groups excluding carboxylic acids is 2. The van der Waals surface area contributed by atoms with Crippen molar-refractivity contribution in [3.8, 4) is 11.4 Å². The van der Waals surface area contributed by atoms with Crippen LogP contribution in [0, 0.1) is 0 Å². The molecule has 0 bridgehead atoms. The van der Waals surface area contributed by atoms with Crippen molar-refractivity contribution < 1.29 is 9.59 Å². The quantitative estimate of drug-likeness (QED) is 0.339. The van der Waals surface area contributed by atoms with E-state index in [1.54, 1.807) is 0 Å². The lowest BCUT2D eigenvalue weighted by Crippen LogP contribution is -2.13. The Balaban J connectivity index is 0.000000177. The summed E-state index contributed by atoms with van der Waals surface area (Å²) in [5, 5.41) is 0. The number of fused-ring (bicyclic) bond motifs is 1. The molecule has 146 valence electrons. The van der Waals surface area contributed by atoms with Crippen LogP contribution in [0.1, 0.15) is 20.7 Å². The number of aromatic nitrogens is 2. The van der Waals surface area contributed by atoms with E-state index < -0.39 is 11.8 Å². The number of rotatable bonds is 3. The number of nitrogens with one attached hydrogen (secondary N) is 1. The first-order valence-corrected chi connectivity index (χ1v) is 8.65. The Morgan fingerprint density at radius 3 is 1.79 bits per heavy atom. The summed E-state index contributed by atoms with van der Waals surface area (Å²) >= 11 is 0. The number of para-hydroxylation sites is 1. The van der Waals surface area contributed by atoms with Crippen LogP contribution in [0.4, 0.5) is 11.4 Å². The number of aromatic amines is 1. The molecule has 3 aromatic carbocycles. The number of hydrogen-bond donors (Lipinski definition) is 5. The Bertz CT molecular complexity index is 1130. The number of H-pyrrole nitrogens is 1. The van der Waals surface area contributed by atoms with Crippen molar-refractivity contribution in [2.24, 2.45) is 11.5 Å². The number of carbonyl (C=O) groups is 2. The monoisotopic (exact) mass is 388 g/mol. The van der Waals surface area contributed by atoms with Crippen LogP contribution in [0.5, 0.6) is 0 Å². The van der Waals surface area contributed by atoms with E-state index in [1.807, 2.05) is 42.5 Å². The fraction of sp³-hybridized carbons (Fsp3) is 0. The second-order valence-corrected chi connectivity index (χ2v) is 6.26. The molecule has 0 aliphatic heterocycles. The topological polar surface area (TPSA) is 167 Å². The van der Waals surface area contributed by atoms with Crippen LogP contribution < -0.4 is 22.9 Å². The number of nitrogen functional groups attached to an aromatic ring is 2. The van der Waals surface area contributed by atoms with E-state index in [2.05, 4.69) is 9.97 Å². The van der Waals surface area contributed by atoms with E-state index in [0.29, 0.717) is 16.8 Å². The molecule has 0 aliphatic carbocycles. The largest absolute Gasteiger partial charge is 0.399 e. The van der Waals surface area contributed by atoms with E-state index in [1.165, 1.54) is 24.3 Å². The number of nitrogens with two attached hydrogens (primary N) is 4. The van der Waals surface area contributed by atoms with Gasteiger partial charge in [-0.3, -0.25) is 9.59 Å². The standard InChI is InChI=1S/C13H12N4.C8H8N2O2/c14-9-6-4-8(5-7-9)13-16-11-3-1-2-10(15)12(11)17-13;9-7(11)5-1-2-6(4-3-5)8(10)12/h1-7H,14-15H2,(H,16,17);1-4H,(H2,9,11)(H2,10,12). The summed E-state index contributed by atoms with van der Waals surface area (Å²) in [6.07, 6.45) is 0. The maximum Gasteiger partial charge on any atom is 0.248 e. The summed E-state index contributed by atoms with van der Waals surface area (Å²) < 4.78 is 0. The lowest BCUT2D eigenvalue weighted by atomic mass is 10.1. The van der Waals surface area contributed by atoms with Crippen LogP contribution in [-0.2, 0) is 0 Å². The van der Waals surface area contributed by atoms with Crippen molar-refractivity contribution in [3.63, 3.8) is 0 Å². The van der Waals surface area contributed by atoms with Gasteiger partial charge in [0.05, 0.1) is 11.2 Å². The molecule has 0 unspecified atom stereocenters. The van der Waals surface area contributed by atoms with Crippen LogP contribution in [-0.4, -0.2) is 21.8 Å². The van der Waals surface area contributed by atoms with Crippen molar-refractivity contribution >= 4 is 34.2 Å². The Labute approximate surface area is 166 Å². The van der Waals surface area contributed by atoms with Gasteiger partial charge in [-0.05, 0) is 60.7 Å². The molecule has 0 radical (unpaired) electrons. The molecule has 29 heavy (non-hydrogen) atoms. The molecule has 0 saturated heterocycles. The van der Waals surface area contributed by atoms with Crippen molar-refractivity contribution in [3.05, 3.63) is 77.9 Å². The molecule has 1 aromatic heterocycles. The molecule has 0 atom stereocenters. The highest BCUT2D eigenvalue weighted by Crippen LogP contribution is 2.24. The predicted molar refractivity (Wildman–Crippen MR) is 114 cm³/mol. The zero-order valence-electron chi connectivity index (χ0n) is 15.4. The molecular formula is C21H20N6O2. The Morgan fingerprint density at radius 1 is 0.759 bits per heavy atom. The molecule has 0 fully saturated rings. The second-order valence-electron chi connectivity index (χ2n) is 6.26.